The first-order chi connectivity index (χ1) is 7.77. The topological polar surface area (TPSA) is 0 Å². The Labute approximate surface area is 116 Å². The molecule has 17 heavy (non-hydrogen) atoms. The van der Waals surface area contributed by atoms with E-state index in [1.807, 2.05) is 0 Å². The van der Waals surface area contributed by atoms with Gasteiger partial charge in [-0.15, -0.1) is 9.24 Å². The number of hydrogen-bond donors (Lipinski definition) is 0. The van der Waals surface area contributed by atoms with Crippen LogP contribution in [0.15, 0.2) is 60.7 Å². The third-order valence-electron chi connectivity index (χ3n) is 3.14. The molecule has 2 rings (SSSR count). The SMILES string of the molecule is CCC(P)(c1ccccc1)c1ccccc1.[Ni]. The summed E-state index contributed by atoms with van der Waals surface area (Å²) < 4.78 is 0. The average Bonchev–Trinajstić information content (AvgIpc) is 2.40. The van der Waals surface area contributed by atoms with Gasteiger partial charge in [0.15, 0.2) is 0 Å². The molecule has 0 saturated carbocycles. The molecule has 0 nitrogen and oxygen atoms in total. The molecule has 0 aliphatic carbocycles. The summed E-state index contributed by atoms with van der Waals surface area (Å²) in [5.41, 5.74) is 2.71. The molecule has 0 heterocycles. The Morgan fingerprint density at radius 3 is 1.47 bits per heavy atom. The van der Waals surface area contributed by atoms with E-state index < -0.39 is 0 Å². The van der Waals surface area contributed by atoms with Crippen molar-refractivity contribution < 1.29 is 16.5 Å². The van der Waals surface area contributed by atoms with Crippen LogP contribution in [0.5, 0.6) is 0 Å². The standard InChI is InChI=1S/C15H17P.Ni/c1-2-15(16,13-9-5-3-6-10-13)14-11-7-4-8-12-14;/h3-12H,2,16H2,1H3;. The fourth-order valence-electron chi connectivity index (χ4n) is 2.05. The second-order valence-electron chi connectivity index (χ2n) is 4.06. The quantitative estimate of drug-likeness (QED) is 0.586. The minimum atomic E-state index is 0. The number of hydrogen-bond acceptors (Lipinski definition) is 0. The fraction of sp³-hybridized carbons (Fsp3) is 0.200. The molecule has 0 radical (unpaired) electrons. The summed E-state index contributed by atoms with van der Waals surface area (Å²) in [6, 6.07) is 21.3. The van der Waals surface area contributed by atoms with Crippen LogP contribution in [0.1, 0.15) is 24.5 Å². The van der Waals surface area contributed by atoms with E-state index >= 15 is 0 Å². The van der Waals surface area contributed by atoms with Gasteiger partial charge in [0.05, 0.1) is 0 Å². The fourth-order valence-corrected chi connectivity index (χ4v) is 2.43. The van der Waals surface area contributed by atoms with Crippen LogP contribution in [-0.2, 0) is 21.6 Å². The Hall–Kier alpha value is -0.636. The maximum absolute atomic E-state index is 3.02. The van der Waals surface area contributed by atoms with Crippen LogP contribution in [0.2, 0.25) is 0 Å². The van der Waals surface area contributed by atoms with Crippen LogP contribution < -0.4 is 0 Å². The summed E-state index contributed by atoms with van der Waals surface area (Å²) in [4.78, 5) is 0. The van der Waals surface area contributed by atoms with Crippen molar-refractivity contribution in [2.24, 2.45) is 0 Å². The molecule has 2 heteroatoms. The molecule has 2 aromatic rings. The molecule has 0 aliphatic heterocycles. The maximum Gasteiger partial charge on any atom is 0.0341 e. The summed E-state index contributed by atoms with van der Waals surface area (Å²) in [6.07, 6.45) is 1.08. The van der Waals surface area contributed by atoms with Crippen molar-refractivity contribution in [1.29, 1.82) is 0 Å². The summed E-state index contributed by atoms with van der Waals surface area (Å²) in [6.45, 7) is 2.23. The molecule has 0 bridgehead atoms. The van der Waals surface area contributed by atoms with Crippen LogP contribution >= 0.6 is 9.24 Å². The third kappa shape index (κ3) is 2.98. The smallest absolute Gasteiger partial charge is 0.0341 e. The molecular formula is C15H17NiP. The average molecular weight is 287 g/mol. The van der Waals surface area contributed by atoms with Crippen molar-refractivity contribution in [3.05, 3.63) is 71.8 Å². The zero-order valence-corrected chi connectivity index (χ0v) is 12.0. The summed E-state index contributed by atoms with van der Waals surface area (Å²) in [7, 11) is 3.02. The number of benzene rings is 2. The summed E-state index contributed by atoms with van der Waals surface area (Å²) >= 11 is 0. The molecule has 0 amide bonds. The van der Waals surface area contributed by atoms with E-state index in [1.165, 1.54) is 11.1 Å². The van der Waals surface area contributed by atoms with Crippen LogP contribution in [0, 0.1) is 0 Å². The second-order valence-corrected chi connectivity index (χ2v) is 5.04. The van der Waals surface area contributed by atoms with E-state index in [-0.39, 0.29) is 21.6 Å². The minimum absolute atomic E-state index is 0. The van der Waals surface area contributed by atoms with E-state index in [4.69, 9.17) is 0 Å². The van der Waals surface area contributed by atoms with Gasteiger partial charge in [-0.3, -0.25) is 0 Å². The van der Waals surface area contributed by atoms with Crippen molar-refractivity contribution in [3.8, 4) is 0 Å². The van der Waals surface area contributed by atoms with E-state index in [9.17, 15) is 0 Å². The van der Waals surface area contributed by atoms with Gasteiger partial charge >= 0.3 is 0 Å². The molecular weight excluding hydrogens is 270 g/mol. The van der Waals surface area contributed by atoms with Crippen LogP contribution in [0.25, 0.3) is 0 Å². The van der Waals surface area contributed by atoms with Gasteiger partial charge in [-0.1, -0.05) is 67.6 Å². The van der Waals surface area contributed by atoms with E-state index in [0.717, 1.165) is 6.42 Å². The molecule has 0 saturated heterocycles. The van der Waals surface area contributed by atoms with E-state index in [2.05, 4.69) is 76.8 Å². The second kappa shape index (κ2) is 6.34. The Morgan fingerprint density at radius 2 is 1.18 bits per heavy atom. The monoisotopic (exact) mass is 286 g/mol. The van der Waals surface area contributed by atoms with Gasteiger partial charge in [-0.2, -0.15) is 0 Å². The molecule has 0 aliphatic rings. The van der Waals surface area contributed by atoms with Crippen LogP contribution in [0.3, 0.4) is 0 Å². The van der Waals surface area contributed by atoms with Crippen LogP contribution in [-0.4, -0.2) is 0 Å². The first-order valence-corrected chi connectivity index (χ1v) is 6.25. The first kappa shape index (κ1) is 14.4. The van der Waals surface area contributed by atoms with Crippen molar-refractivity contribution in [2.45, 2.75) is 18.5 Å². The summed E-state index contributed by atoms with van der Waals surface area (Å²) in [5, 5.41) is 0.0442. The van der Waals surface area contributed by atoms with Gasteiger partial charge in [0.1, 0.15) is 0 Å². The Morgan fingerprint density at radius 1 is 0.824 bits per heavy atom. The molecule has 92 valence electrons. The molecule has 0 spiro atoms. The van der Waals surface area contributed by atoms with Gasteiger partial charge in [-0.05, 0) is 17.5 Å². The normalized spacial score (nSPS) is 10.7. The predicted molar refractivity (Wildman–Crippen MR) is 73.7 cm³/mol. The molecule has 1 unspecified atom stereocenters. The minimum Gasteiger partial charge on any atom is -0.122 e. The Balaban J connectivity index is 0.00000144. The van der Waals surface area contributed by atoms with Gasteiger partial charge in [0.2, 0.25) is 0 Å². The van der Waals surface area contributed by atoms with Gasteiger partial charge in [0, 0.05) is 21.6 Å². The molecule has 2 aromatic carbocycles. The van der Waals surface area contributed by atoms with Gasteiger partial charge in [-0.25, -0.2) is 0 Å². The molecule has 0 fully saturated rings. The Bertz CT molecular complexity index is 399. The Kier molecular flexibility index (Phi) is 5.38. The van der Waals surface area contributed by atoms with Crippen molar-refractivity contribution >= 4 is 9.24 Å². The largest absolute Gasteiger partial charge is 0.122 e. The van der Waals surface area contributed by atoms with E-state index in [0.29, 0.717) is 0 Å². The third-order valence-corrected chi connectivity index (χ3v) is 4.21. The van der Waals surface area contributed by atoms with Crippen LogP contribution in [0.4, 0.5) is 0 Å². The zero-order valence-electron chi connectivity index (χ0n) is 9.87. The van der Waals surface area contributed by atoms with Gasteiger partial charge < -0.3 is 0 Å². The predicted octanol–water partition coefficient (Wildman–Crippen LogP) is 4.21. The molecule has 1 atom stereocenters. The first-order valence-electron chi connectivity index (χ1n) is 5.67. The summed E-state index contributed by atoms with van der Waals surface area (Å²) in [5.74, 6) is 0. The van der Waals surface area contributed by atoms with Crippen molar-refractivity contribution in [3.63, 3.8) is 0 Å². The van der Waals surface area contributed by atoms with Crippen molar-refractivity contribution in [2.75, 3.05) is 0 Å². The van der Waals surface area contributed by atoms with Crippen molar-refractivity contribution in [1.82, 2.24) is 0 Å². The molecule has 0 N–H and O–H groups in total. The molecule has 0 aromatic heterocycles. The maximum atomic E-state index is 3.02. The van der Waals surface area contributed by atoms with E-state index in [1.54, 1.807) is 0 Å². The zero-order chi connectivity index (χ0) is 11.4. The number of rotatable bonds is 3. The van der Waals surface area contributed by atoms with Gasteiger partial charge in [0.25, 0.3) is 0 Å².